The van der Waals surface area contributed by atoms with E-state index in [2.05, 4.69) is 9.71 Å². The second-order valence-electron chi connectivity index (χ2n) is 7.37. The molecule has 0 unspecified atom stereocenters. The molecule has 1 N–H and O–H groups in total. The Labute approximate surface area is 181 Å². The Bertz CT molecular complexity index is 1080. The summed E-state index contributed by atoms with van der Waals surface area (Å²) in [6, 6.07) is 7.42. The fourth-order valence-electron chi connectivity index (χ4n) is 3.39. The molecular formula is C21H25FN4O4S. The van der Waals surface area contributed by atoms with Crippen LogP contribution in [0.15, 0.2) is 36.5 Å². The van der Waals surface area contributed by atoms with Crippen molar-refractivity contribution in [3.05, 3.63) is 59.2 Å². The Hall–Kier alpha value is -3.01. The first-order valence-corrected chi connectivity index (χ1v) is 11.7. The van der Waals surface area contributed by atoms with Crippen molar-refractivity contribution in [1.82, 2.24) is 14.8 Å². The van der Waals surface area contributed by atoms with E-state index in [0.29, 0.717) is 36.3 Å². The summed E-state index contributed by atoms with van der Waals surface area (Å²) in [5.74, 6) is -1.35. The molecule has 0 aliphatic carbocycles. The second kappa shape index (κ2) is 9.42. The minimum absolute atomic E-state index is 0.0263. The van der Waals surface area contributed by atoms with Gasteiger partial charge in [0, 0.05) is 37.9 Å². The summed E-state index contributed by atoms with van der Waals surface area (Å²) >= 11 is 0. The van der Waals surface area contributed by atoms with Gasteiger partial charge in [-0.1, -0.05) is 6.92 Å². The fraction of sp³-hybridized carbons (Fsp3) is 0.381. The number of rotatable bonds is 6. The van der Waals surface area contributed by atoms with Gasteiger partial charge in [0.05, 0.1) is 11.4 Å². The van der Waals surface area contributed by atoms with Crippen LogP contribution < -0.4 is 4.72 Å². The van der Waals surface area contributed by atoms with Crippen LogP contribution in [0.5, 0.6) is 0 Å². The van der Waals surface area contributed by atoms with Gasteiger partial charge in [-0.05, 0) is 49.2 Å². The number of carbonyl (C=O) groups excluding carboxylic acids is 2. The van der Waals surface area contributed by atoms with Gasteiger partial charge in [-0.15, -0.1) is 0 Å². The van der Waals surface area contributed by atoms with Gasteiger partial charge < -0.3 is 9.80 Å². The lowest BCUT2D eigenvalue weighted by Crippen LogP contribution is -2.50. The van der Waals surface area contributed by atoms with E-state index in [0.717, 1.165) is 0 Å². The maximum Gasteiger partial charge on any atom is 0.275 e. The average molecular weight is 449 g/mol. The SMILES string of the molecule is CCCS(=O)(=O)Nc1ccc(C(=O)N2CCN(C(=O)c3ncccc3F)CC2)cc1C. The van der Waals surface area contributed by atoms with Crippen molar-refractivity contribution in [2.45, 2.75) is 20.3 Å². The molecule has 31 heavy (non-hydrogen) atoms. The molecule has 2 heterocycles. The molecule has 0 spiro atoms. The summed E-state index contributed by atoms with van der Waals surface area (Å²) in [4.78, 5) is 32.2. The predicted octanol–water partition coefficient (Wildman–Crippen LogP) is 2.28. The number of nitrogens with zero attached hydrogens (tertiary/aromatic N) is 3. The van der Waals surface area contributed by atoms with Gasteiger partial charge in [-0.3, -0.25) is 14.3 Å². The molecule has 2 amide bonds. The highest BCUT2D eigenvalue weighted by molar-refractivity contribution is 7.92. The van der Waals surface area contributed by atoms with Gasteiger partial charge in [0.1, 0.15) is 0 Å². The maximum atomic E-state index is 13.8. The van der Waals surface area contributed by atoms with Crippen molar-refractivity contribution in [2.24, 2.45) is 0 Å². The van der Waals surface area contributed by atoms with E-state index < -0.39 is 21.7 Å². The highest BCUT2D eigenvalue weighted by atomic mass is 32.2. The van der Waals surface area contributed by atoms with Crippen LogP contribution in [0.3, 0.4) is 0 Å². The van der Waals surface area contributed by atoms with Gasteiger partial charge in [0.15, 0.2) is 11.5 Å². The smallest absolute Gasteiger partial charge is 0.275 e. The van der Waals surface area contributed by atoms with Crippen molar-refractivity contribution < 1.29 is 22.4 Å². The number of aryl methyl sites for hydroxylation is 1. The summed E-state index contributed by atoms with van der Waals surface area (Å²) in [5, 5.41) is 0. The van der Waals surface area contributed by atoms with Crippen LogP contribution in [0, 0.1) is 12.7 Å². The molecule has 1 aliphatic rings. The molecule has 0 atom stereocenters. The molecule has 1 aromatic carbocycles. The molecule has 10 heteroatoms. The average Bonchev–Trinajstić information content (AvgIpc) is 2.74. The number of hydrogen-bond acceptors (Lipinski definition) is 5. The first-order valence-electron chi connectivity index (χ1n) is 10.0. The molecule has 0 radical (unpaired) electrons. The maximum absolute atomic E-state index is 13.8. The number of piperazine rings is 1. The Morgan fingerprint density at radius 3 is 2.32 bits per heavy atom. The first-order chi connectivity index (χ1) is 14.7. The van der Waals surface area contributed by atoms with Crippen LogP contribution in [0.25, 0.3) is 0 Å². The zero-order valence-electron chi connectivity index (χ0n) is 17.5. The van der Waals surface area contributed by atoms with E-state index in [1.165, 1.54) is 23.2 Å². The number of nitrogens with one attached hydrogen (secondary N) is 1. The van der Waals surface area contributed by atoms with Crippen LogP contribution in [0.1, 0.15) is 39.8 Å². The minimum atomic E-state index is -3.42. The summed E-state index contributed by atoms with van der Waals surface area (Å²) in [7, 11) is -3.42. The molecule has 8 nitrogen and oxygen atoms in total. The molecule has 1 saturated heterocycles. The zero-order chi connectivity index (χ0) is 22.6. The van der Waals surface area contributed by atoms with Crippen LogP contribution in [0.4, 0.5) is 10.1 Å². The van der Waals surface area contributed by atoms with Gasteiger partial charge in [0.2, 0.25) is 10.0 Å². The molecule has 0 saturated carbocycles. The largest absolute Gasteiger partial charge is 0.335 e. The highest BCUT2D eigenvalue weighted by Crippen LogP contribution is 2.20. The number of benzene rings is 1. The topological polar surface area (TPSA) is 99.7 Å². The minimum Gasteiger partial charge on any atom is -0.335 e. The lowest BCUT2D eigenvalue weighted by molar-refractivity contribution is 0.0529. The molecular weight excluding hydrogens is 423 g/mol. The molecule has 1 aromatic heterocycles. The summed E-state index contributed by atoms with van der Waals surface area (Å²) < 4.78 is 40.3. The Morgan fingerprint density at radius 2 is 1.74 bits per heavy atom. The van der Waals surface area contributed by atoms with Crippen LogP contribution in [0.2, 0.25) is 0 Å². The van der Waals surface area contributed by atoms with Crippen molar-refractivity contribution in [3.63, 3.8) is 0 Å². The van der Waals surface area contributed by atoms with Gasteiger partial charge in [-0.2, -0.15) is 0 Å². The van der Waals surface area contributed by atoms with E-state index in [1.54, 1.807) is 36.9 Å². The third kappa shape index (κ3) is 5.38. The van der Waals surface area contributed by atoms with Crippen LogP contribution in [-0.4, -0.2) is 66.9 Å². The van der Waals surface area contributed by atoms with Crippen LogP contribution in [-0.2, 0) is 10.0 Å². The summed E-state index contributed by atoms with van der Waals surface area (Å²) in [6.45, 7) is 4.68. The summed E-state index contributed by atoms with van der Waals surface area (Å²) in [6.07, 6.45) is 1.87. The fourth-order valence-corrected chi connectivity index (χ4v) is 4.59. The number of amides is 2. The number of carbonyl (C=O) groups is 2. The monoisotopic (exact) mass is 448 g/mol. The Balaban J connectivity index is 1.64. The van der Waals surface area contributed by atoms with Crippen molar-refractivity contribution in [2.75, 3.05) is 36.7 Å². The normalized spacial score (nSPS) is 14.4. The molecule has 3 rings (SSSR count). The second-order valence-corrected chi connectivity index (χ2v) is 9.21. The number of anilines is 1. The molecule has 2 aromatic rings. The van der Waals surface area contributed by atoms with Crippen molar-refractivity contribution in [1.29, 1.82) is 0 Å². The molecule has 166 valence electrons. The van der Waals surface area contributed by atoms with Gasteiger partial charge >= 0.3 is 0 Å². The standard InChI is InChI=1S/C21H25FN4O4S/c1-3-13-31(29,30)24-18-7-6-16(14-15(18)2)20(27)25-9-11-26(12-10-25)21(28)19-17(22)5-4-8-23-19/h4-8,14,24H,3,9-13H2,1-2H3. The molecule has 0 bridgehead atoms. The number of pyridine rings is 1. The zero-order valence-corrected chi connectivity index (χ0v) is 18.3. The number of halogens is 1. The van der Waals surface area contributed by atoms with Gasteiger partial charge in [-0.25, -0.2) is 17.8 Å². The number of sulfonamides is 1. The molecule has 1 aliphatic heterocycles. The summed E-state index contributed by atoms with van der Waals surface area (Å²) in [5.41, 5.74) is 1.30. The number of hydrogen-bond donors (Lipinski definition) is 1. The van der Waals surface area contributed by atoms with Crippen molar-refractivity contribution >= 4 is 27.5 Å². The van der Waals surface area contributed by atoms with E-state index in [-0.39, 0.29) is 30.4 Å². The first kappa shape index (κ1) is 22.7. The van der Waals surface area contributed by atoms with Crippen LogP contribution >= 0.6 is 0 Å². The van der Waals surface area contributed by atoms with E-state index in [1.807, 2.05) is 0 Å². The Morgan fingerprint density at radius 1 is 1.10 bits per heavy atom. The lowest BCUT2D eigenvalue weighted by Gasteiger charge is -2.34. The third-order valence-corrected chi connectivity index (χ3v) is 6.50. The predicted molar refractivity (Wildman–Crippen MR) is 115 cm³/mol. The van der Waals surface area contributed by atoms with E-state index in [4.69, 9.17) is 0 Å². The molecule has 1 fully saturated rings. The third-order valence-electron chi connectivity index (χ3n) is 5.03. The van der Waals surface area contributed by atoms with Crippen molar-refractivity contribution in [3.8, 4) is 0 Å². The Kier molecular flexibility index (Phi) is 6.89. The van der Waals surface area contributed by atoms with E-state index in [9.17, 15) is 22.4 Å². The van der Waals surface area contributed by atoms with E-state index >= 15 is 0 Å². The lowest BCUT2D eigenvalue weighted by atomic mass is 10.1. The highest BCUT2D eigenvalue weighted by Gasteiger charge is 2.27. The van der Waals surface area contributed by atoms with Gasteiger partial charge in [0.25, 0.3) is 11.8 Å². The number of aromatic nitrogens is 1. The quantitative estimate of drug-likeness (QED) is 0.731.